The molecule has 1 radical (unpaired) electrons. The summed E-state index contributed by atoms with van der Waals surface area (Å²) in [6.45, 7) is 0. The van der Waals surface area contributed by atoms with E-state index < -0.39 is 23.0 Å². The molecule has 1 aromatic rings. The van der Waals surface area contributed by atoms with Gasteiger partial charge in [-0.25, -0.2) is 0 Å². The van der Waals surface area contributed by atoms with E-state index in [1.165, 1.54) is 0 Å². The van der Waals surface area contributed by atoms with Crippen LogP contribution in [0.15, 0.2) is 18.2 Å². The third-order valence-corrected chi connectivity index (χ3v) is 2.20. The normalized spacial score (nSPS) is 12.8. The Bertz CT molecular complexity index is 402. The Morgan fingerprint density at radius 1 is 1.38 bits per heavy atom. The number of nitrogens with one attached hydrogen (secondary N) is 1. The molecule has 0 aromatic heterocycles. The van der Waals surface area contributed by atoms with Crippen molar-refractivity contribution in [3.8, 4) is 0 Å². The fourth-order valence-electron chi connectivity index (χ4n) is 0.870. The molecular weight excluding hydrogens is 278 g/mol. The zero-order chi connectivity index (χ0) is 11.6. The molecule has 0 saturated heterocycles. The molecule has 1 rings (SSSR count). The molecule has 85 valence electrons. The average Bonchev–Trinajstić information content (AvgIpc) is 2.06. The number of benzene rings is 1. The maximum atomic E-state index is 12.2. The van der Waals surface area contributed by atoms with Crippen molar-refractivity contribution in [3.05, 3.63) is 28.8 Å². The SMILES string of the molecule is O=S([O-])Nc1cc(C(F)(F)F)ccc1Cl.[Na]. The van der Waals surface area contributed by atoms with Gasteiger partial charge in [-0.05, 0) is 18.2 Å². The first kappa shape index (κ1) is 16.2. The number of alkyl halides is 3. The van der Waals surface area contributed by atoms with Crippen molar-refractivity contribution < 1.29 is 21.9 Å². The number of rotatable bonds is 2. The van der Waals surface area contributed by atoms with Crippen LogP contribution in [0.4, 0.5) is 18.9 Å². The Balaban J connectivity index is 0.00000225. The molecule has 0 spiro atoms. The van der Waals surface area contributed by atoms with Gasteiger partial charge in [0, 0.05) is 40.8 Å². The zero-order valence-electron chi connectivity index (χ0n) is 7.97. The van der Waals surface area contributed by atoms with Gasteiger partial charge in [0.05, 0.1) is 16.3 Å². The van der Waals surface area contributed by atoms with Crippen LogP contribution >= 0.6 is 11.6 Å². The van der Waals surface area contributed by atoms with E-state index in [1.807, 2.05) is 0 Å². The van der Waals surface area contributed by atoms with Crippen LogP contribution in [-0.2, 0) is 17.4 Å². The topological polar surface area (TPSA) is 52.2 Å². The summed E-state index contributed by atoms with van der Waals surface area (Å²) < 4.78 is 58.9. The maximum absolute atomic E-state index is 12.2. The van der Waals surface area contributed by atoms with Gasteiger partial charge in [-0.2, -0.15) is 13.2 Å². The van der Waals surface area contributed by atoms with E-state index in [0.29, 0.717) is 6.07 Å². The van der Waals surface area contributed by atoms with E-state index in [2.05, 4.69) is 0 Å². The second-order valence-corrected chi connectivity index (χ2v) is 3.61. The summed E-state index contributed by atoms with van der Waals surface area (Å²) in [6.07, 6.45) is -4.54. The van der Waals surface area contributed by atoms with Crippen LogP contribution in [0.5, 0.6) is 0 Å². The van der Waals surface area contributed by atoms with E-state index in [0.717, 1.165) is 12.1 Å². The predicted molar refractivity (Wildman–Crippen MR) is 54.8 cm³/mol. The van der Waals surface area contributed by atoms with Crippen molar-refractivity contribution in [1.82, 2.24) is 0 Å². The Morgan fingerprint density at radius 3 is 2.38 bits per heavy atom. The first-order chi connectivity index (χ1) is 6.80. The average molecular weight is 282 g/mol. The molecule has 0 aliphatic heterocycles. The molecule has 0 saturated carbocycles. The van der Waals surface area contributed by atoms with Crippen molar-refractivity contribution in [3.63, 3.8) is 0 Å². The molecule has 1 aromatic carbocycles. The third kappa shape index (κ3) is 4.60. The number of halogens is 4. The molecule has 0 fully saturated rings. The minimum absolute atomic E-state index is 0. The van der Waals surface area contributed by atoms with Gasteiger partial charge in [0.2, 0.25) is 0 Å². The Morgan fingerprint density at radius 2 is 1.94 bits per heavy atom. The van der Waals surface area contributed by atoms with Crippen LogP contribution in [0.1, 0.15) is 5.56 Å². The Kier molecular flexibility index (Phi) is 6.31. The first-order valence-electron chi connectivity index (χ1n) is 3.53. The second kappa shape index (κ2) is 6.23. The van der Waals surface area contributed by atoms with Crippen LogP contribution in [0, 0.1) is 0 Å². The summed E-state index contributed by atoms with van der Waals surface area (Å²) in [5, 5.41) is -0.104. The van der Waals surface area contributed by atoms with E-state index in [-0.39, 0.29) is 40.3 Å². The standard InChI is InChI=1S/C7H5ClF3NO2S.Na/c8-5-2-1-4(7(9,10)11)3-6(5)12-15(13)14;/h1-3,12H,(H,13,14);/p-1. The summed E-state index contributed by atoms with van der Waals surface area (Å²) >= 11 is 2.77. The van der Waals surface area contributed by atoms with Crippen LogP contribution in [0.25, 0.3) is 0 Å². The molecule has 0 amide bonds. The maximum Gasteiger partial charge on any atom is 0.416 e. The molecule has 1 unspecified atom stereocenters. The van der Waals surface area contributed by atoms with E-state index in [9.17, 15) is 21.9 Å². The van der Waals surface area contributed by atoms with Crippen molar-refractivity contribution in [2.75, 3.05) is 4.72 Å². The fraction of sp³-hybridized carbons (Fsp3) is 0.143. The van der Waals surface area contributed by atoms with E-state index in [4.69, 9.17) is 11.6 Å². The molecule has 0 bridgehead atoms. The number of anilines is 1. The van der Waals surface area contributed by atoms with Crippen molar-refractivity contribution in [2.24, 2.45) is 0 Å². The molecule has 0 aliphatic rings. The van der Waals surface area contributed by atoms with Gasteiger partial charge in [0.15, 0.2) is 0 Å². The largest absolute Gasteiger partial charge is 0.755 e. The second-order valence-electron chi connectivity index (χ2n) is 2.53. The summed E-state index contributed by atoms with van der Waals surface area (Å²) in [5.41, 5.74) is -1.28. The molecule has 3 nitrogen and oxygen atoms in total. The van der Waals surface area contributed by atoms with Gasteiger partial charge in [0.25, 0.3) is 0 Å². The van der Waals surface area contributed by atoms with Gasteiger partial charge in [-0.3, -0.25) is 4.21 Å². The molecule has 1 N–H and O–H groups in total. The molecule has 16 heavy (non-hydrogen) atoms. The first-order valence-corrected chi connectivity index (χ1v) is 4.98. The fourth-order valence-corrected chi connectivity index (χ4v) is 1.44. The minimum atomic E-state index is -4.54. The van der Waals surface area contributed by atoms with Crippen molar-refractivity contribution in [1.29, 1.82) is 0 Å². The van der Waals surface area contributed by atoms with Crippen LogP contribution in [0.2, 0.25) is 5.02 Å². The van der Waals surface area contributed by atoms with Crippen LogP contribution in [-0.4, -0.2) is 38.3 Å². The number of hydrogen-bond donors (Lipinski definition) is 1. The van der Waals surface area contributed by atoms with Gasteiger partial charge in [0.1, 0.15) is 0 Å². The zero-order valence-corrected chi connectivity index (χ0v) is 11.5. The van der Waals surface area contributed by atoms with Crippen LogP contribution in [0.3, 0.4) is 0 Å². The van der Waals surface area contributed by atoms with Gasteiger partial charge < -0.3 is 9.27 Å². The predicted octanol–water partition coefficient (Wildman–Crippen LogP) is 2.18. The van der Waals surface area contributed by atoms with E-state index in [1.54, 1.807) is 4.72 Å². The van der Waals surface area contributed by atoms with Crippen molar-refractivity contribution in [2.45, 2.75) is 6.18 Å². The quantitative estimate of drug-likeness (QED) is 0.667. The van der Waals surface area contributed by atoms with E-state index >= 15 is 0 Å². The molecule has 0 aliphatic carbocycles. The Labute approximate surface area is 119 Å². The number of hydrogen-bond acceptors (Lipinski definition) is 2. The molecule has 9 heteroatoms. The molecule has 0 heterocycles. The summed E-state index contributed by atoms with van der Waals surface area (Å²) in [6, 6.07) is 2.36. The van der Waals surface area contributed by atoms with Crippen LogP contribution < -0.4 is 4.72 Å². The molecule has 1 atom stereocenters. The Hall–Kier alpha value is 0.210. The van der Waals surface area contributed by atoms with Gasteiger partial charge in [-0.15, -0.1) is 0 Å². The summed E-state index contributed by atoms with van der Waals surface area (Å²) in [4.78, 5) is 0. The third-order valence-electron chi connectivity index (χ3n) is 1.49. The monoisotopic (exact) mass is 281 g/mol. The smallest absolute Gasteiger partial charge is 0.416 e. The van der Waals surface area contributed by atoms with Gasteiger partial charge >= 0.3 is 6.18 Å². The summed E-state index contributed by atoms with van der Waals surface area (Å²) in [7, 11) is 0. The summed E-state index contributed by atoms with van der Waals surface area (Å²) in [5.74, 6) is 0. The van der Waals surface area contributed by atoms with Gasteiger partial charge in [-0.1, -0.05) is 11.6 Å². The van der Waals surface area contributed by atoms with Crippen molar-refractivity contribution >= 4 is 58.1 Å². The molecular formula is C7H4ClF3NNaO2S-. The minimum Gasteiger partial charge on any atom is -0.755 e.